The number of carboxylic acids is 1. The second-order valence-electron chi connectivity index (χ2n) is 11.1. The maximum atomic E-state index is 13.1. The molecule has 0 spiro atoms. The average Bonchev–Trinajstić information content (AvgIpc) is 3.18. The van der Waals surface area contributed by atoms with Crippen LogP contribution in [-0.2, 0) is 19.1 Å². The minimum Gasteiger partial charge on any atom is -0.481 e. The number of rotatable bonds is 6. The van der Waals surface area contributed by atoms with E-state index in [1.54, 1.807) is 20.8 Å². The van der Waals surface area contributed by atoms with E-state index < -0.39 is 29.0 Å². The molecule has 2 aromatic carbocycles. The van der Waals surface area contributed by atoms with Crippen molar-refractivity contribution < 1.29 is 29.0 Å². The van der Waals surface area contributed by atoms with E-state index in [9.17, 15) is 19.5 Å². The first-order valence-electron chi connectivity index (χ1n) is 12.1. The van der Waals surface area contributed by atoms with Gasteiger partial charge in [0.2, 0.25) is 0 Å². The first-order chi connectivity index (χ1) is 16.6. The Kier molecular flexibility index (Phi) is 5.61. The van der Waals surface area contributed by atoms with Gasteiger partial charge in [-0.15, -0.1) is 0 Å². The molecule has 1 amide bonds. The molecule has 0 radical (unpaired) electrons. The number of hydrogen-bond acceptors (Lipinski definition) is 5. The van der Waals surface area contributed by atoms with E-state index in [1.165, 1.54) is 0 Å². The number of aliphatic carboxylic acids is 1. The maximum absolute atomic E-state index is 13.1. The van der Waals surface area contributed by atoms with Crippen molar-refractivity contribution in [2.75, 3.05) is 13.2 Å². The lowest BCUT2D eigenvalue weighted by molar-refractivity contribution is -0.168. The van der Waals surface area contributed by atoms with Crippen LogP contribution in [0.25, 0.3) is 11.1 Å². The van der Waals surface area contributed by atoms with Crippen LogP contribution in [0.1, 0.15) is 50.7 Å². The first-order valence-corrected chi connectivity index (χ1v) is 12.1. The smallest absolute Gasteiger partial charge is 0.407 e. The Morgan fingerprint density at radius 2 is 1.51 bits per heavy atom. The Morgan fingerprint density at radius 3 is 2.03 bits per heavy atom. The van der Waals surface area contributed by atoms with Gasteiger partial charge in [-0.3, -0.25) is 9.59 Å². The predicted molar refractivity (Wildman–Crippen MR) is 129 cm³/mol. The van der Waals surface area contributed by atoms with Gasteiger partial charge < -0.3 is 19.9 Å². The van der Waals surface area contributed by atoms with E-state index in [-0.39, 0.29) is 36.9 Å². The summed E-state index contributed by atoms with van der Waals surface area (Å²) in [5, 5.41) is 12.2. The number of ether oxygens (including phenoxy) is 2. The van der Waals surface area contributed by atoms with E-state index in [2.05, 4.69) is 29.6 Å². The zero-order chi connectivity index (χ0) is 25.0. The van der Waals surface area contributed by atoms with Crippen LogP contribution in [0.15, 0.2) is 48.5 Å². The van der Waals surface area contributed by atoms with Crippen LogP contribution in [0.4, 0.5) is 4.79 Å². The minimum atomic E-state index is -0.930. The molecular weight excluding hydrogens is 446 g/mol. The third-order valence-corrected chi connectivity index (χ3v) is 7.62. The van der Waals surface area contributed by atoms with E-state index in [4.69, 9.17) is 9.47 Å². The van der Waals surface area contributed by atoms with Crippen molar-refractivity contribution in [3.63, 3.8) is 0 Å². The highest BCUT2D eigenvalue weighted by molar-refractivity contribution is 5.82. The highest BCUT2D eigenvalue weighted by atomic mass is 16.6. The van der Waals surface area contributed by atoms with Gasteiger partial charge in [0.05, 0.1) is 11.3 Å². The summed E-state index contributed by atoms with van der Waals surface area (Å²) in [6.07, 6.45) is 0.200. The molecule has 2 aromatic rings. The van der Waals surface area contributed by atoms with Gasteiger partial charge in [0.25, 0.3) is 0 Å². The van der Waals surface area contributed by atoms with Crippen LogP contribution in [0, 0.1) is 23.2 Å². The largest absolute Gasteiger partial charge is 0.481 e. The third kappa shape index (κ3) is 4.28. The lowest BCUT2D eigenvalue weighted by atomic mass is 9.81. The molecule has 7 nitrogen and oxygen atoms in total. The van der Waals surface area contributed by atoms with Gasteiger partial charge in [-0.25, -0.2) is 4.79 Å². The molecule has 184 valence electrons. The molecule has 35 heavy (non-hydrogen) atoms. The summed E-state index contributed by atoms with van der Waals surface area (Å²) in [5.74, 6) is -1.76. The second-order valence-corrected chi connectivity index (χ2v) is 11.1. The van der Waals surface area contributed by atoms with Crippen molar-refractivity contribution in [2.45, 2.75) is 45.1 Å². The fraction of sp³-hybridized carbons (Fsp3) is 0.464. The standard InChI is InChI=1S/C28H31NO6/c1-27(2,3)35-25(32)28(12-20-21(13-28)23(20)24(30)31)15-29-26(33)34-14-22-18-10-6-4-8-16(18)17-9-5-7-11-19(17)22/h4-11,20-23H,12-15H2,1-3H3,(H,29,33)(H,30,31). The highest BCUT2D eigenvalue weighted by Gasteiger charge is 2.67. The summed E-state index contributed by atoms with van der Waals surface area (Å²) in [5.41, 5.74) is 2.95. The molecule has 7 heteroatoms. The van der Waals surface area contributed by atoms with E-state index in [0.717, 1.165) is 22.3 Å². The van der Waals surface area contributed by atoms with Crippen molar-refractivity contribution in [1.82, 2.24) is 5.32 Å². The summed E-state index contributed by atoms with van der Waals surface area (Å²) in [7, 11) is 0. The fourth-order valence-electron chi connectivity index (χ4n) is 6.01. The molecule has 5 rings (SSSR count). The number of carbonyl (C=O) groups excluding carboxylic acids is 2. The lowest BCUT2D eigenvalue weighted by Crippen LogP contribution is -2.46. The van der Waals surface area contributed by atoms with Gasteiger partial charge in [0, 0.05) is 12.5 Å². The number of carboxylic acid groups (broad SMARTS) is 1. The lowest BCUT2D eigenvalue weighted by Gasteiger charge is -2.33. The van der Waals surface area contributed by atoms with Gasteiger partial charge in [0.1, 0.15) is 12.2 Å². The van der Waals surface area contributed by atoms with Crippen molar-refractivity contribution >= 4 is 18.0 Å². The number of alkyl carbamates (subject to hydrolysis) is 1. The SMILES string of the molecule is CC(C)(C)OC(=O)C1(CNC(=O)OCC2c3ccccc3-c3ccccc32)CC2C(C1)C2C(=O)O. The van der Waals surface area contributed by atoms with Crippen molar-refractivity contribution in [2.24, 2.45) is 23.2 Å². The molecule has 3 aliphatic rings. The van der Waals surface area contributed by atoms with E-state index in [0.29, 0.717) is 12.8 Å². The van der Waals surface area contributed by atoms with Crippen LogP contribution < -0.4 is 5.32 Å². The normalized spacial score (nSPS) is 26.3. The summed E-state index contributed by atoms with van der Waals surface area (Å²) in [6, 6.07) is 16.2. The number of esters is 1. The third-order valence-electron chi connectivity index (χ3n) is 7.62. The maximum Gasteiger partial charge on any atom is 0.407 e. The molecule has 2 atom stereocenters. The molecule has 0 heterocycles. The summed E-state index contributed by atoms with van der Waals surface area (Å²) in [4.78, 5) is 37.3. The summed E-state index contributed by atoms with van der Waals surface area (Å²) < 4.78 is 11.3. The van der Waals surface area contributed by atoms with Crippen molar-refractivity contribution in [1.29, 1.82) is 0 Å². The Bertz CT molecular complexity index is 1120. The summed E-state index contributed by atoms with van der Waals surface area (Å²) in [6.45, 7) is 5.65. The number of hydrogen-bond donors (Lipinski definition) is 2. The molecule has 2 N–H and O–H groups in total. The Labute approximate surface area is 204 Å². The molecule has 0 aromatic heterocycles. The van der Waals surface area contributed by atoms with Gasteiger partial charge in [0.15, 0.2) is 0 Å². The van der Waals surface area contributed by atoms with Crippen molar-refractivity contribution in [3.8, 4) is 11.1 Å². The number of amides is 1. The summed E-state index contributed by atoms with van der Waals surface area (Å²) >= 11 is 0. The van der Waals surface area contributed by atoms with E-state index in [1.807, 2.05) is 24.3 Å². The highest BCUT2D eigenvalue weighted by Crippen LogP contribution is 2.64. The monoisotopic (exact) mass is 477 g/mol. The number of benzene rings is 2. The molecule has 3 aliphatic carbocycles. The Hall–Kier alpha value is -3.35. The van der Waals surface area contributed by atoms with Crippen LogP contribution in [0.2, 0.25) is 0 Å². The number of fused-ring (bicyclic) bond motifs is 4. The Balaban J connectivity index is 1.24. The van der Waals surface area contributed by atoms with Gasteiger partial charge in [-0.05, 0) is 67.7 Å². The van der Waals surface area contributed by atoms with Crippen LogP contribution in [-0.4, -0.2) is 41.9 Å². The van der Waals surface area contributed by atoms with Crippen LogP contribution >= 0.6 is 0 Å². The van der Waals surface area contributed by atoms with Crippen LogP contribution in [0.3, 0.4) is 0 Å². The van der Waals surface area contributed by atoms with Crippen molar-refractivity contribution in [3.05, 3.63) is 59.7 Å². The fourth-order valence-corrected chi connectivity index (χ4v) is 6.01. The zero-order valence-electron chi connectivity index (χ0n) is 20.2. The predicted octanol–water partition coefficient (Wildman–Crippen LogP) is 4.59. The zero-order valence-corrected chi connectivity index (χ0v) is 20.2. The van der Waals surface area contributed by atoms with Crippen LogP contribution in [0.5, 0.6) is 0 Å². The van der Waals surface area contributed by atoms with Gasteiger partial charge >= 0.3 is 18.0 Å². The molecule has 2 saturated carbocycles. The van der Waals surface area contributed by atoms with Gasteiger partial charge in [-0.1, -0.05) is 48.5 Å². The quantitative estimate of drug-likeness (QED) is 0.590. The topological polar surface area (TPSA) is 102 Å². The molecule has 2 unspecified atom stereocenters. The molecular formula is C28H31NO6. The first kappa shape index (κ1) is 23.4. The molecule has 0 aliphatic heterocycles. The molecule has 2 fully saturated rings. The molecule has 0 bridgehead atoms. The average molecular weight is 478 g/mol. The second kappa shape index (κ2) is 8.40. The number of carbonyl (C=O) groups is 3. The van der Waals surface area contributed by atoms with E-state index >= 15 is 0 Å². The van der Waals surface area contributed by atoms with Gasteiger partial charge in [-0.2, -0.15) is 0 Å². The Morgan fingerprint density at radius 1 is 0.971 bits per heavy atom. The molecule has 0 saturated heterocycles. The minimum absolute atomic E-state index is 0.0515. The number of nitrogens with one attached hydrogen (secondary N) is 1.